The standard InChI is InChI=1S/C31H39N5O8/c1-3-17(2)27(30(42)34-24(31(43)44)12-13-26(38)39)36-29(41)25(14-18-8-10-20(37)11-9-18)35-28(40)22(32)15-19-16-33-23-7-5-4-6-21(19)23/h4-11,16-17,22,24-25,27,33,37H,3,12-15,32H2,1-2H3,(H,34,42)(H,35,40)(H,36,41)(H,38,39)(H,43,44). The molecule has 13 heteroatoms. The van der Waals surface area contributed by atoms with E-state index < -0.39 is 66.2 Å². The summed E-state index contributed by atoms with van der Waals surface area (Å²) in [6.45, 7) is 3.48. The van der Waals surface area contributed by atoms with Crippen LogP contribution in [0.15, 0.2) is 54.7 Å². The largest absolute Gasteiger partial charge is 0.508 e. The number of nitrogens with two attached hydrogens (primary N) is 1. The van der Waals surface area contributed by atoms with E-state index >= 15 is 0 Å². The molecule has 13 nitrogen and oxygen atoms in total. The van der Waals surface area contributed by atoms with Gasteiger partial charge in [-0.05, 0) is 48.1 Å². The number of phenols is 1. The maximum absolute atomic E-state index is 13.6. The number of benzene rings is 2. The maximum atomic E-state index is 13.6. The zero-order valence-corrected chi connectivity index (χ0v) is 24.6. The Morgan fingerprint density at radius 3 is 2.16 bits per heavy atom. The molecule has 0 aliphatic carbocycles. The number of rotatable bonds is 16. The first kappa shape index (κ1) is 33.6. The van der Waals surface area contributed by atoms with Crippen LogP contribution in [0, 0.1) is 5.92 Å². The summed E-state index contributed by atoms with van der Waals surface area (Å²) in [5.41, 5.74) is 8.59. The monoisotopic (exact) mass is 609 g/mol. The number of carboxylic acid groups (broad SMARTS) is 2. The van der Waals surface area contributed by atoms with Crippen LogP contribution in [-0.4, -0.2) is 74.1 Å². The fourth-order valence-corrected chi connectivity index (χ4v) is 4.73. The van der Waals surface area contributed by atoms with Crippen LogP contribution < -0.4 is 21.7 Å². The zero-order valence-electron chi connectivity index (χ0n) is 24.6. The van der Waals surface area contributed by atoms with Gasteiger partial charge in [0.05, 0.1) is 6.04 Å². The second kappa shape index (κ2) is 15.5. The molecule has 0 saturated carbocycles. The number of aromatic amines is 1. The average molecular weight is 610 g/mol. The lowest BCUT2D eigenvalue weighted by Crippen LogP contribution is -2.59. The Morgan fingerprint density at radius 1 is 0.864 bits per heavy atom. The van der Waals surface area contributed by atoms with E-state index in [1.54, 1.807) is 32.2 Å². The molecule has 5 unspecified atom stereocenters. The Labute approximate surface area is 254 Å². The number of hydrogen-bond donors (Lipinski definition) is 8. The Morgan fingerprint density at radius 2 is 1.52 bits per heavy atom. The van der Waals surface area contributed by atoms with Crippen LogP contribution in [-0.2, 0) is 36.8 Å². The summed E-state index contributed by atoms with van der Waals surface area (Å²) in [6.07, 6.45) is 1.59. The maximum Gasteiger partial charge on any atom is 0.326 e. The molecule has 0 fully saturated rings. The van der Waals surface area contributed by atoms with Gasteiger partial charge in [0.2, 0.25) is 17.7 Å². The number of fused-ring (bicyclic) bond motifs is 1. The highest BCUT2D eigenvalue weighted by molar-refractivity contribution is 5.94. The number of phenolic OH excluding ortho intramolecular Hbond substituents is 1. The van der Waals surface area contributed by atoms with Crippen molar-refractivity contribution in [3.05, 3.63) is 65.9 Å². The number of carbonyl (C=O) groups excluding carboxylic acids is 3. The van der Waals surface area contributed by atoms with Gasteiger partial charge in [0.15, 0.2) is 0 Å². The van der Waals surface area contributed by atoms with E-state index in [0.717, 1.165) is 16.5 Å². The van der Waals surface area contributed by atoms with Gasteiger partial charge in [0.25, 0.3) is 0 Å². The first-order chi connectivity index (χ1) is 20.9. The van der Waals surface area contributed by atoms with Gasteiger partial charge in [-0.1, -0.05) is 50.6 Å². The van der Waals surface area contributed by atoms with E-state index in [4.69, 9.17) is 10.8 Å². The number of para-hydroxylation sites is 1. The van der Waals surface area contributed by atoms with Crippen molar-refractivity contribution in [1.29, 1.82) is 0 Å². The molecule has 0 aliphatic heterocycles. The van der Waals surface area contributed by atoms with Gasteiger partial charge in [0, 0.05) is 29.9 Å². The van der Waals surface area contributed by atoms with Gasteiger partial charge in [-0.2, -0.15) is 0 Å². The highest BCUT2D eigenvalue weighted by atomic mass is 16.4. The van der Waals surface area contributed by atoms with Crippen LogP contribution in [0.3, 0.4) is 0 Å². The van der Waals surface area contributed by atoms with Crippen LogP contribution in [0.5, 0.6) is 5.75 Å². The van der Waals surface area contributed by atoms with Gasteiger partial charge in [-0.15, -0.1) is 0 Å². The normalized spacial score (nSPS) is 14.5. The van der Waals surface area contributed by atoms with Crippen molar-refractivity contribution in [2.24, 2.45) is 11.7 Å². The van der Waals surface area contributed by atoms with Crippen molar-refractivity contribution >= 4 is 40.6 Å². The summed E-state index contributed by atoms with van der Waals surface area (Å²) in [5.74, 6) is -5.15. The third-order valence-electron chi connectivity index (χ3n) is 7.52. The van der Waals surface area contributed by atoms with Crippen LogP contribution in [0.4, 0.5) is 0 Å². The molecule has 0 aliphatic rings. The molecule has 1 aromatic heterocycles. The minimum Gasteiger partial charge on any atom is -0.508 e. The van der Waals surface area contributed by atoms with Gasteiger partial charge >= 0.3 is 11.9 Å². The number of carbonyl (C=O) groups is 5. The minimum atomic E-state index is -1.47. The van der Waals surface area contributed by atoms with E-state index in [9.17, 15) is 34.2 Å². The van der Waals surface area contributed by atoms with Crippen molar-refractivity contribution < 1.29 is 39.3 Å². The van der Waals surface area contributed by atoms with Crippen LogP contribution >= 0.6 is 0 Å². The Kier molecular flexibility index (Phi) is 11.9. The molecule has 9 N–H and O–H groups in total. The predicted octanol–water partition coefficient (Wildman–Crippen LogP) is 1.44. The SMILES string of the molecule is CCC(C)C(NC(=O)C(Cc1ccc(O)cc1)NC(=O)C(N)Cc1c[nH]c2ccccc12)C(=O)NC(CCC(=O)O)C(=O)O. The summed E-state index contributed by atoms with van der Waals surface area (Å²) >= 11 is 0. The predicted molar refractivity (Wildman–Crippen MR) is 162 cm³/mol. The molecule has 0 spiro atoms. The molecule has 3 rings (SSSR count). The highest BCUT2D eigenvalue weighted by Gasteiger charge is 2.33. The van der Waals surface area contributed by atoms with E-state index in [1.807, 2.05) is 24.3 Å². The second-order valence-corrected chi connectivity index (χ2v) is 10.8. The summed E-state index contributed by atoms with van der Waals surface area (Å²) < 4.78 is 0. The van der Waals surface area contributed by atoms with Crippen molar-refractivity contribution in [2.75, 3.05) is 0 Å². The summed E-state index contributed by atoms with van der Waals surface area (Å²) in [5, 5.41) is 36.7. The Hall–Kier alpha value is -4.91. The number of aromatic hydroxyl groups is 1. The van der Waals surface area contributed by atoms with Crippen LogP contribution in [0.25, 0.3) is 10.9 Å². The van der Waals surface area contributed by atoms with Gasteiger partial charge in [-0.25, -0.2) is 4.79 Å². The van der Waals surface area contributed by atoms with Crippen molar-refractivity contribution in [2.45, 2.75) is 70.1 Å². The third-order valence-corrected chi connectivity index (χ3v) is 7.52. The average Bonchev–Trinajstić information content (AvgIpc) is 3.40. The van der Waals surface area contributed by atoms with Gasteiger partial charge in [-0.3, -0.25) is 19.2 Å². The quantitative estimate of drug-likeness (QED) is 0.117. The first-order valence-corrected chi connectivity index (χ1v) is 14.3. The van der Waals surface area contributed by atoms with E-state index in [2.05, 4.69) is 20.9 Å². The molecule has 3 aromatic rings. The number of carboxylic acids is 2. The molecular weight excluding hydrogens is 570 g/mol. The molecule has 2 aromatic carbocycles. The van der Waals surface area contributed by atoms with Crippen molar-refractivity contribution in [3.63, 3.8) is 0 Å². The Bertz CT molecular complexity index is 1470. The van der Waals surface area contributed by atoms with E-state index in [-0.39, 0.29) is 25.0 Å². The van der Waals surface area contributed by atoms with Gasteiger partial charge in [0.1, 0.15) is 23.9 Å². The lowest BCUT2D eigenvalue weighted by molar-refractivity contribution is -0.143. The molecule has 0 saturated heterocycles. The molecule has 0 radical (unpaired) electrons. The topological polar surface area (TPSA) is 224 Å². The highest BCUT2D eigenvalue weighted by Crippen LogP contribution is 2.19. The molecule has 0 bridgehead atoms. The van der Waals surface area contributed by atoms with E-state index in [0.29, 0.717) is 12.0 Å². The van der Waals surface area contributed by atoms with Gasteiger partial charge < -0.3 is 42.0 Å². The molecular formula is C31H39N5O8. The first-order valence-electron chi connectivity index (χ1n) is 14.3. The zero-order chi connectivity index (χ0) is 32.4. The lowest BCUT2D eigenvalue weighted by atomic mass is 9.96. The summed E-state index contributed by atoms with van der Waals surface area (Å²) in [6, 6.07) is 8.77. The minimum absolute atomic E-state index is 0.00284. The summed E-state index contributed by atoms with van der Waals surface area (Å²) in [7, 11) is 0. The molecule has 236 valence electrons. The van der Waals surface area contributed by atoms with Crippen molar-refractivity contribution in [3.8, 4) is 5.75 Å². The number of hydrogen-bond acceptors (Lipinski definition) is 7. The molecule has 5 atom stereocenters. The molecule has 1 heterocycles. The lowest BCUT2D eigenvalue weighted by Gasteiger charge is -2.28. The smallest absolute Gasteiger partial charge is 0.326 e. The van der Waals surface area contributed by atoms with Crippen LogP contribution in [0.2, 0.25) is 0 Å². The fraction of sp³-hybridized carbons (Fsp3) is 0.387. The Balaban J connectivity index is 1.79. The van der Waals surface area contributed by atoms with Crippen molar-refractivity contribution in [1.82, 2.24) is 20.9 Å². The third kappa shape index (κ3) is 9.30. The number of H-pyrrole nitrogens is 1. The number of aromatic nitrogens is 1. The summed E-state index contributed by atoms with van der Waals surface area (Å²) in [4.78, 5) is 65.8. The fourth-order valence-electron chi connectivity index (χ4n) is 4.73. The van der Waals surface area contributed by atoms with E-state index in [1.165, 1.54) is 12.1 Å². The number of nitrogens with one attached hydrogen (secondary N) is 4. The van der Waals surface area contributed by atoms with Crippen LogP contribution in [0.1, 0.15) is 44.2 Å². The number of aliphatic carboxylic acids is 2. The molecule has 3 amide bonds. The molecule has 44 heavy (non-hydrogen) atoms. The number of amides is 3. The second-order valence-electron chi connectivity index (χ2n) is 10.8.